The summed E-state index contributed by atoms with van der Waals surface area (Å²) < 4.78 is 12.8. The lowest BCUT2D eigenvalue weighted by Gasteiger charge is -2.09. The van der Waals surface area contributed by atoms with Gasteiger partial charge in [0.1, 0.15) is 5.82 Å². The highest BCUT2D eigenvalue weighted by molar-refractivity contribution is 5.23. The van der Waals surface area contributed by atoms with Gasteiger partial charge < -0.3 is 0 Å². The Labute approximate surface area is 86.4 Å². The zero-order chi connectivity index (χ0) is 11.1. The fourth-order valence-electron chi connectivity index (χ4n) is 1.28. The maximum absolute atomic E-state index is 12.8. The third-order valence-corrected chi connectivity index (χ3v) is 1.93. The van der Waals surface area contributed by atoms with Crippen molar-refractivity contribution in [1.82, 2.24) is 4.98 Å². The molecule has 0 atom stereocenters. The number of rotatable bonds is 2. The average Bonchev–Trinajstić information content (AvgIpc) is 2.20. The van der Waals surface area contributed by atoms with Gasteiger partial charge in [-0.2, -0.15) is 0 Å². The van der Waals surface area contributed by atoms with E-state index in [9.17, 15) is 4.39 Å². The molecule has 1 nitrogen and oxygen atoms in total. The minimum atomic E-state index is -0.240. The molecule has 0 N–H and O–H groups in total. The fraction of sp³-hybridized carbons (Fsp3) is 0.583. The summed E-state index contributed by atoms with van der Waals surface area (Å²) in [4.78, 5) is 4.04. The number of pyridine rings is 1. The van der Waals surface area contributed by atoms with E-state index in [1.54, 1.807) is 6.07 Å². The summed E-state index contributed by atoms with van der Waals surface area (Å²) in [7, 11) is 0. The molecule has 2 heteroatoms. The van der Waals surface area contributed by atoms with Gasteiger partial charge in [-0.15, -0.1) is 0 Å². The molecule has 0 aliphatic carbocycles. The maximum atomic E-state index is 12.8. The molecule has 0 fully saturated rings. The van der Waals surface area contributed by atoms with Crippen LogP contribution in [-0.4, -0.2) is 4.98 Å². The molecule has 0 bridgehead atoms. The van der Waals surface area contributed by atoms with Crippen molar-refractivity contribution >= 4 is 0 Å². The number of halogens is 1. The van der Waals surface area contributed by atoms with Crippen molar-refractivity contribution in [3.63, 3.8) is 0 Å². The zero-order valence-electron chi connectivity index (χ0n) is 9.76. The van der Waals surface area contributed by atoms with Crippen LogP contribution in [0.25, 0.3) is 0 Å². The molecule has 1 rings (SSSR count). The normalized spacial score (nSPS) is 9.64. The molecule has 0 aromatic carbocycles. The monoisotopic (exact) mass is 197 g/mol. The quantitative estimate of drug-likeness (QED) is 0.700. The van der Waals surface area contributed by atoms with Crippen LogP contribution in [0.1, 0.15) is 51.8 Å². The van der Waals surface area contributed by atoms with Crippen molar-refractivity contribution in [3.05, 3.63) is 29.3 Å². The molecule has 0 saturated heterocycles. The summed E-state index contributed by atoms with van der Waals surface area (Å²) >= 11 is 0. The Bertz CT molecular complexity index is 269. The van der Waals surface area contributed by atoms with Gasteiger partial charge in [0.05, 0.1) is 6.20 Å². The summed E-state index contributed by atoms with van der Waals surface area (Å²) in [6.07, 6.45) is 2.15. The first-order valence-corrected chi connectivity index (χ1v) is 5.29. The Morgan fingerprint density at radius 1 is 1.36 bits per heavy atom. The van der Waals surface area contributed by atoms with Crippen LogP contribution in [0, 0.1) is 5.82 Å². The molecule has 0 amide bonds. The van der Waals surface area contributed by atoms with Gasteiger partial charge in [0, 0.05) is 5.69 Å². The van der Waals surface area contributed by atoms with Crippen LogP contribution in [-0.2, 0) is 6.42 Å². The summed E-state index contributed by atoms with van der Waals surface area (Å²) in [5.74, 6) is 0.110. The van der Waals surface area contributed by atoms with E-state index in [4.69, 9.17) is 0 Å². The molecular formula is C12H20FN. The van der Waals surface area contributed by atoms with Gasteiger partial charge in [-0.3, -0.25) is 4.98 Å². The second-order valence-electron chi connectivity index (χ2n) is 3.20. The molecular weight excluding hydrogens is 177 g/mol. The van der Waals surface area contributed by atoms with E-state index in [1.165, 1.54) is 6.20 Å². The second-order valence-corrected chi connectivity index (χ2v) is 3.20. The first-order chi connectivity index (χ1) is 6.65. The van der Waals surface area contributed by atoms with E-state index in [0.29, 0.717) is 5.92 Å². The molecule has 1 aromatic heterocycles. The lowest BCUT2D eigenvalue weighted by molar-refractivity contribution is 0.612. The topological polar surface area (TPSA) is 12.9 Å². The van der Waals surface area contributed by atoms with Gasteiger partial charge in [-0.1, -0.05) is 34.6 Å². The number of hydrogen-bond acceptors (Lipinski definition) is 1. The number of aryl methyl sites for hydroxylation is 1. The highest BCUT2D eigenvalue weighted by atomic mass is 19.1. The van der Waals surface area contributed by atoms with E-state index < -0.39 is 0 Å². The van der Waals surface area contributed by atoms with Crippen molar-refractivity contribution in [2.75, 3.05) is 0 Å². The maximum Gasteiger partial charge on any atom is 0.141 e. The van der Waals surface area contributed by atoms with Crippen LogP contribution in [0.15, 0.2) is 12.3 Å². The Morgan fingerprint density at radius 3 is 2.36 bits per heavy atom. The van der Waals surface area contributed by atoms with Crippen molar-refractivity contribution in [2.24, 2.45) is 0 Å². The van der Waals surface area contributed by atoms with E-state index in [0.717, 1.165) is 17.7 Å². The van der Waals surface area contributed by atoms with Crippen LogP contribution in [0.2, 0.25) is 0 Å². The summed E-state index contributed by atoms with van der Waals surface area (Å²) in [6, 6.07) is 1.58. The lowest BCUT2D eigenvalue weighted by atomic mass is 10.0. The van der Waals surface area contributed by atoms with E-state index in [1.807, 2.05) is 20.8 Å². The third kappa shape index (κ3) is 3.44. The first-order valence-electron chi connectivity index (χ1n) is 5.29. The highest BCUT2D eigenvalue weighted by Gasteiger charge is 2.07. The summed E-state index contributed by atoms with van der Waals surface area (Å²) in [5.41, 5.74) is 2.03. The minimum Gasteiger partial charge on any atom is -0.258 e. The second kappa shape index (κ2) is 6.52. The standard InChI is InChI=1S/C10H14FN.C2H6/c1-4-10-9(7(2)3)5-8(11)6-12-10;1-2/h5-7H,4H2,1-3H3;1-2H3. The fourth-order valence-corrected chi connectivity index (χ4v) is 1.28. The third-order valence-electron chi connectivity index (χ3n) is 1.93. The predicted molar refractivity (Wildman–Crippen MR) is 59.0 cm³/mol. The van der Waals surface area contributed by atoms with Gasteiger partial charge >= 0.3 is 0 Å². The Morgan fingerprint density at radius 2 is 1.93 bits per heavy atom. The van der Waals surface area contributed by atoms with Crippen molar-refractivity contribution < 1.29 is 4.39 Å². The van der Waals surface area contributed by atoms with E-state index in [-0.39, 0.29) is 5.82 Å². The molecule has 0 radical (unpaired) electrons. The number of hydrogen-bond donors (Lipinski definition) is 0. The van der Waals surface area contributed by atoms with Crippen LogP contribution in [0.4, 0.5) is 4.39 Å². The molecule has 0 unspecified atom stereocenters. The van der Waals surface area contributed by atoms with Gasteiger partial charge in [0.25, 0.3) is 0 Å². The lowest BCUT2D eigenvalue weighted by Crippen LogP contribution is -1.99. The average molecular weight is 197 g/mol. The molecule has 0 aliphatic rings. The van der Waals surface area contributed by atoms with Gasteiger partial charge in [0.2, 0.25) is 0 Å². The first kappa shape index (κ1) is 13.1. The Balaban J connectivity index is 0.000000791. The van der Waals surface area contributed by atoms with Gasteiger partial charge in [0.15, 0.2) is 0 Å². The molecule has 0 saturated carbocycles. The molecule has 0 spiro atoms. The van der Waals surface area contributed by atoms with Gasteiger partial charge in [-0.25, -0.2) is 4.39 Å². The van der Waals surface area contributed by atoms with Crippen LogP contribution in [0.5, 0.6) is 0 Å². The molecule has 0 aliphatic heterocycles. The molecule has 14 heavy (non-hydrogen) atoms. The van der Waals surface area contributed by atoms with Crippen LogP contribution >= 0.6 is 0 Å². The predicted octanol–water partition coefficient (Wildman–Crippen LogP) is 3.93. The Hall–Kier alpha value is -0.920. The summed E-state index contributed by atoms with van der Waals surface area (Å²) in [6.45, 7) is 10.1. The van der Waals surface area contributed by atoms with Gasteiger partial charge in [-0.05, 0) is 24.0 Å². The van der Waals surface area contributed by atoms with Crippen molar-refractivity contribution in [1.29, 1.82) is 0 Å². The largest absolute Gasteiger partial charge is 0.258 e. The number of nitrogens with zero attached hydrogens (tertiary/aromatic N) is 1. The van der Waals surface area contributed by atoms with E-state index in [2.05, 4.69) is 18.8 Å². The molecule has 1 heterocycles. The molecule has 80 valence electrons. The van der Waals surface area contributed by atoms with Crippen molar-refractivity contribution in [2.45, 2.75) is 47.0 Å². The highest BCUT2D eigenvalue weighted by Crippen LogP contribution is 2.18. The van der Waals surface area contributed by atoms with E-state index >= 15 is 0 Å². The molecule has 1 aromatic rings. The number of aromatic nitrogens is 1. The van der Waals surface area contributed by atoms with Crippen molar-refractivity contribution in [3.8, 4) is 0 Å². The Kier molecular flexibility index (Phi) is 6.09. The minimum absolute atomic E-state index is 0.240. The van der Waals surface area contributed by atoms with Crippen LogP contribution < -0.4 is 0 Å². The summed E-state index contributed by atoms with van der Waals surface area (Å²) in [5, 5.41) is 0. The smallest absolute Gasteiger partial charge is 0.141 e. The zero-order valence-corrected chi connectivity index (χ0v) is 9.76. The van der Waals surface area contributed by atoms with Crippen LogP contribution in [0.3, 0.4) is 0 Å². The SMILES string of the molecule is CC.CCc1ncc(F)cc1C(C)C.